The minimum absolute atomic E-state index is 0.0231. The third kappa shape index (κ3) is 3.54. The van der Waals surface area contributed by atoms with Crippen molar-refractivity contribution >= 4 is 0 Å². The predicted octanol–water partition coefficient (Wildman–Crippen LogP) is 3.39. The Labute approximate surface area is 118 Å². The number of nitrogens with zero attached hydrogens (tertiary/aromatic N) is 1. The molecule has 2 aromatic rings. The minimum atomic E-state index is -0.258. The standard InChI is InChI=1S/C16H19FN2O/c1-11-6-13(9-19-8-11)10-20-14-4-5-15(12(2)18-3)16(17)7-14/h4-9,12,18H,10H2,1-3H3. The third-order valence-electron chi connectivity index (χ3n) is 3.21. The summed E-state index contributed by atoms with van der Waals surface area (Å²) in [4.78, 5) is 4.10. The first-order valence-electron chi connectivity index (χ1n) is 6.60. The second-order valence-corrected chi connectivity index (χ2v) is 4.85. The summed E-state index contributed by atoms with van der Waals surface area (Å²) in [7, 11) is 1.80. The zero-order valence-electron chi connectivity index (χ0n) is 12.0. The molecule has 1 N–H and O–H groups in total. The lowest BCUT2D eigenvalue weighted by Gasteiger charge is -2.13. The molecule has 1 aromatic carbocycles. The number of nitrogens with one attached hydrogen (secondary N) is 1. The fraction of sp³-hybridized carbons (Fsp3) is 0.312. The lowest BCUT2D eigenvalue weighted by atomic mass is 10.1. The molecule has 2 rings (SSSR count). The predicted molar refractivity (Wildman–Crippen MR) is 77.2 cm³/mol. The van der Waals surface area contributed by atoms with E-state index in [0.717, 1.165) is 11.1 Å². The van der Waals surface area contributed by atoms with Crippen molar-refractivity contribution in [3.63, 3.8) is 0 Å². The van der Waals surface area contributed by atoms with Crippen molar-refractivity contribution in [2.24, 2.45) is 0 Å². The highest BCUT2D eigenvalue weighted by Crippen LogP contribution is 2.22. The van der Waals surface area contributed by atoms with Crippen LogP contribution in [0.3, 0.4) is 0 Å². The van der Waals surface area contributed by atoms with Gasteiger partial charge in [0.25, 0.3) is 0 Å². The van der Waals surface area contributed by atoms with Gasteiger partial charge in [-0.1, -0.05) is 6.07 Å². The van der Waals surface area contributed by atoms with E-state index >= 15 is 0 Å². The zero-order valence-corrected chi connectivity index (χ0v) is 12.0. The summed E-state index contributed by atoms with van der Waals surface area (Å²) in [5.41, 5.74) is 2.69. The zero-order chi connectivity index (χ0) is 14.5. The van der Waals surface area contributed by atoms with Crippen molar-refractivity contribution in [3.8, 4) is 5.75 Å². The van der Waals surface area contributed by atoms with Gasteiger partial charge in [0.05, 0.1) is 0 Å². The summed E-state index contributed by atoms with van der Waals surface area (Å²) in [6.45, 7) is 4.27. The summed E-state index contributed by atoms with van der Waals surface area (Å²) >= 11 is 0. The molecule has 1 heterocycles. The summed E-state index contributed by atoms with van der Waals surface area (Å²) in [5, 5.41) is 3.02. The van der Waals surface area contributed by atoms with Crippen molar-refractivity contribution in [3.05, 3.63) is 59.2 Å². The van der Waals surface area contributed by atoms with E-state index in [1.807, 2.05) is 19.9 Å². The van der Waals surface area contributed by atoms with Gasteiger partial charge in [-0.05, 0) is 38.6 Å². The maximum atomic E-state index is 13.9. The Bertz CT molecular complexity index is 586. The van der Waals surface area contributed by atoms with E-state index in [1.165, 1.54) is 6.07 Å². The quantitative estimate of drug-likeness (QED) is 0.907. The second-order valence-electron chi connectivity index (χ2n) is 4.85. The molecule has 0 aliphatic carbocycles. The van der Waals surface area contributed by atoms with E-state index in [4.69, 9.17) is 4.74 Å². The Morgan fingerprint density at radius 1 is 1.30 bits per heavy atom. The molecule has 0 bridgehead atoms. The molecule has 20 heavy (non-hydrogen) atoms. The largest absolute Gasteiger partial charge is 0.489 e. The maximum Gasteiger partial charge on any atom is 0.131 e. The molecule has 1 unspecified atom stereocenters. The van der Waals surface area contributed by atoms with Gasteiger partial charge in [0.1, 0.15) is 18.2 Å². The summed E-state index contributed by atoms with van der Waals surface area (Å²) in [6, 6.07) is 6.94. The van der Waals surface area contributed by atoms with Crippen LogP contribution in [0.25, 0.3) is 0 Å². The SMILES string of the molecule is CNC(C)c1ccc(OCc2cncc(C)c2)cc1F. The molecule has 4 heteroatoms. The number of hydrogen-bond donors (Lipinski definition) is 1. The number of pyridine rings is 1. The van der Waals surface area contributed by atoms with Crippen LogP contribution in [0.15, 0.2) is 36.7 Å². The molecular formula is C16H19FN2O. The van der Waals surface area contributed by atoms with E-state index in [1.54, 1.807) is 31.6 Å². The van der Waals surface area contributed by atoms with E-state index < -0.39 is 0 Å². The summed E-state index contributed by atoms with van der Waals surface area (Å²) in [5.74, 6) is 0.266. The highest BCUT2D eigenvalue weighted by atomic mass is 19.1. The molecule has 0 aliphatic heterocycles. The van der Waals surface area contributed by atoms with E-state index in [-0.39, 0.29) is 11.9 Å². The average Bonchev–Trinajstić information content (AvgIpc) is 2.44. The first-order chi connectivity index (χ1) is 9.60. The van der Waals surface area contributed by atoms with Crippen molar-refractivity contribution in [1.82, 2.24) is 10.3 Å². The second kappa shape index (κ2) is 6.48. The first kappa shape index (κ1) is 14.5. The maximum absolute atomic E-state index is 13.9. The lowest BCUT2D eigenvalue weighted by molar-refractivity contribution is 0.303. The topological polar surface area (TPSA) is 34.1 Å². The Morgan fingerprint density at radius 2 is 2.10 bits per heavy atom. The van der Waals surface area contributed by atoms with Crippen molar-refractivity contribution in [2.75, 3.05) is 7.05 Å². The molecule has 0 aliphatic rings. The Balaban J connectivity index is 2.05. The molecule has 0 amide bonds. The number of ether oxygens (including phenoxy) is 1. The monoisotopic (exact) mass is 274 g/mol. The van der Waals surface area contributed by atoms with E-state index in [2.05, 4.69) is 10.3 Å². The fourth-order valence-electron chi connectivity index (χ4n) is 1.97. The molecule has 1 aromatic heterocycles. The molecular weight excluding hydrogens is 255 g/mol. The van der Waals surface area contributed by atoms with Gasteiger partial charge >= 0.3 is 0 Å². The molecule has 0 radical (unpaired) electrons. The Kier molecular flexibility index (Phi) is 4.69. The van der Waals surface area contributed by atoms with Gasteiger partial charge in [0.2, 0.25) is 0 Å². The van der Waals surface area contributed by atoms with Gasteiger partial charge in [0, 0.05) is 35.6 Å². The summed E-state index contributed by atoms with van der Waals surface area (Å²) < 4.78 is 19.5. The van der Waals surface area contributed by atoms with Crippen LogP contribution in [0.1, 0.15) is 29.7 Å². The molecule has 106 valence electrons. The van der Waals surface area contributed by atoms with Crippen molar-refractivity contribution < 1.29 is 9.13 Å². The number of hydrogen-bond acceptors (Lipinski definition) is 3. The molecule has 0 saturated carbocycles. The van der Waals surface area contributed by atoms with Crippen LogP contribution >= 0.6 is 0 Å². The highest BCUT2D eigenvalue weighted by molar-refractivity contribution is 5.31. The highest BCUT2D eigenvalue weighted by Gasteiger charge is 2.10. The van der Waals surface area contributed by atoms with Crippen LogP contribution in [0, 0.1) is 12.7 Å². The van der Waals surface area contributed by atoms with Crippen LogP contribution in [-0.4, -0.2) is 12.0 Å². The van der Waals surface area contributed by atoms with E-state index in [0.29, 0.717) is 17.9 Å². The normalized spacial score (nSPS) is 12.2. The Hall–Kier alpha value is -1.94. The molecule has 3 nitrogen and oxygen atoms in total. The molecule has 1 atom stereocenters. The number of aryl methyl sites for hydroxylation is 1. The van der Waals surface area contributed by atoms with Crippen molar-refractivity contribution in [1.29, 1.82) is 0 Å². The van der Waals surface area contributed by atoms with Crippen LogP contribution < -0.4 is 10.1 Å². The molecule has 0 spiro atoms. The number of benzene rings is 1. The smallest absolute Gasteiger partial charge is 0.131 e. The average molecular weight is 274 g/mol. The van der Waals surface area contributed by atoms with Gasteiger partial charge in [-0.3, -0.25) is 4.98 Å². The third-order valence-corrected chi connectivity index (χ3v) is 3.21. The molecule has 0 fully saturated rings. The lowest BCUT2D eigenvalue weighted by Crippen LogP contribution is -2.13. The number of rotatable bonds is 5. The van der Waals surface area contributed by atoms with Crippen LogP contribution in [0.4, 0.5) is 4.39 Å². The fourth-order valence-corrected chi connectivity index (χ4v) is 1.97. The number of halogens is 1. The van der Waals surface area contributed by atoms with Crippen LogP contribution in [0.2, 0.25) is 0 Å². The van der Waals surface area contributed by atoms with Gasteiger partial charge in [-0.25, -0.2) is 4.39 Å². The van der Waals surface area contributed by atoms with Crippen LogP contribution in [-0.2, 0) is 6.61 Å². The Morgan fingerprint density at radius 3 is 2.75 bits per heavy atom. The van der Waals surface area contributed by atoms with Gasteiger partial charge in [0.15, 0.2) is 0 Å². The minimum Gasteiger partial charge on any atom is -0.489 e. The number of aromatic nitrogens is 1. The van der Waals surface area contributed by atoms with E-state index in [9.17, 15) is 4.39 Å². The van der Waals surface area contributed by atoms with Gasteiger partial charge in [-0.2, -0.15) is 0 Å². The van der Waals surface area contributed by atoms with Gasteiger partial charge < -0.3 is 10.1 Å². The van der Waals surface area contributed by atoms with Gasteiger partial charge in [-0.15, -0.1) is 0 Å². The first-order valence-corrected chi connectivity index (χ1v) is 6.60. The van der Waals surface area contributed by atoms with Crippen molar-refractivity contribution in [2.45, 2.75) is 26.5 Å². The molecule has 0 saturated heterocycles. The summed E-state index contributed by atoms with van der Waals surface area (Å²) in [6.07, 6.45) is 3.54. The van der Waals surface area contributed by atoms with Crippen LogP contribution in [0.5, 0.6) is 5.75 Å².